The number of piperazine rings is 1. The number of nitrogens with zero attached hydrogens (tertiary/aromatic N) is 4. The van der Waals surface area contributed by atoms with E-state index in [-0.39, 0.29) is 17.7 Å². The number of hydrogen-bond donors (Lipinski definition) is 1. The van der Waals surface area contributed by atoms with Gasteiger partial charge in [-0.25, -0.2) is 19.6 Å². The predicted octanol–water partition coefficient (Wildman–Crippen LogP) is 1.62. The van der Waals surface area contributed by atoms with Gasteiger partial charge in [0.25, 0.3) is 0 Å². The number of hydrogen-bond acceptors (Lipinski definition) is 6. The molecular formula is C15H22N4O4. The van der Waals surface area contributed by atoms with Crippen LogP contribution in [0, 0.1) is 0 Å². The average Bonchev–Trinajstić information content (AvgIpc) is 2.45. The van der Waals surface area contributed by atoms with Crippen LogP contribution in [0.3, 0.4) is 0 Å². The summed E-state index contributed by atoms with van der Waals surface area (Å²) in [6.07, 6.45) is 2.25. The fraction of sp³-hybridized carbons (Fsp3) is 0.600. The molecule has 8 heteroatoms. The highest BCUT2D eigenvalue weighted by Crippen LogP contribution is 2.18. The van der Waals surface area contributed by atoms with Gasteiger partial charge < -0.3 is 19.6 Å². The lowest BCUT2D eigenvalue weighted by Crippen LogP contribution is -2.55. The number of carbonyl (C=O) groups is 2. The van der Waals surface area contributed by atoms with E-state index >= 15 is 0 Å². The Morgan fingerprint density at radius 2 is 1.87 bits per heavy atom. The molecule has 1 saturated heterocycles. The van der Waals surface area contributed by atoms with Gasteiger partial charge in [0.05, 0.1) is 5.56 Å². The molecule has 2 heterocycles. The fourth-order valence-electron chi connectivity index (χ4n) is 2.33. The van der Waals surface area contributed by atoms with Gasteiger partial charge in [-0.3, -0.25) is 0 Å². The van der Waals surface area contributed by atoms with Crippen LogP contribution in [0.15, 0.2) is 12.4 Å². The third-order valence-corrected chi connectivity index (χ3v) is 3.42. The summed E-state index contributed by atoms with van der Waals surface area (Å²) in [5, 5.41) is 8.87. The zero-order valence-corrected chi connectivity index (χ0v) is 13.8. The maximum absolute atomic E-state index is 12.2. The zero-order chi connectivity index (χ0) is 17.2. The second-order valence-electron chi connectivity index (χ2n) is 6.55. The van der Waals surface area contributed by atoms with E-state index in [0.29, 0.717) is 25.6 Å². The van der Waals surface area contributed by atoms with Crippen molar-refractivity contribution in [2.45, 2.75) is 39.3 Å². The lowest BCUT2D eigenvalue weighted by Gasteiger charge is -2.40. The number of ether oxygens (including phenoxy) is 1. The Morgan fingerprint density at radius 1 is 1.26 bits per heavy atom. The molecule has 1 aromatic heterocycles. The number of amides is 1. The van der Waals surface area contributed by atoms with Gasteiger partial charge in [0.1, 0.15) is 5.60 Å². The number of carboxylic acid groups (broad SMARTS) is 1. The van der Waals surface area contributed by atoms with Crippen LogP contribution in [0.2, 0.25) is 0 Å². The van der Waals surface area contributed by atoms with E-state index < -0.39 is 11.6 Å². The molecule has 0 aromatic carbocycles. The van der Waals surface area contributed by atoms with E-state index in [9.17, 15) is 9.59 Å². The van der Waals surface area contributed by atoms with Crippen LogP contribution in [-0.4, -0.2) is 63.3 Å². The molecule has 1 aliphatic heterocycles. The van der Waals surface area contributed by atoms with Crippen LogP contribution in [0.4, 0.5) is 10.7 Å². The molecule has 8 nitrogen and oxygen atoms in total. The number of aromatic nitrogens is 2. The lowest BCUT2D eigenvalue weighted by molar-refractivity contribution is 0.0158. The van der Waals surface area contributed by atoms with Crippen LogP contribution in [-0.2, 0) is 4.74 Å². The molecule has 1 atom stereocenters. The van der Waals surface area contributed by atoms with Crippen molar-refractivity contribution in [3.63, 3.8) is 0 Å². The van der Waals surface area contributed by atoms with Crippen LogP contribution in [0.25, 0.3) is 0 Å². The molecule has 1 amide bonds. The minimum absolute atomic E-state index is 0.0502. The van der Waals surface area contributed by atoms with Gasteiger partial charge in [0, 0.05) is 38.1 Å². The molecule has 0 aliphatic carbocycles. The monoisotopic (exact) mass is 322 g/mol. The minimum atomic E-state index is -1.06. The highest BCUT2D eigenvalue weighted by molar-refractivity contribution is 5.86. The number of anilines is 1. The largest absolute Gasteiger partial charge is 0.478 e. The van der Waals surface area contributed by atoms with E-state index in [1.165, 1.54) is 12.4 Å². The Bertz CT molecular complexity index is 582. The summed E-state index contributed by atoms with van der Waals surface area (Å²) in [6, 6.07) is -0.0543. The van der Waals surface area contributed by atoms with Gasteiger partial charge in [0.2, 0.25) is 5.95 Å². The average molecular weight is 322 g/mol. The maximum atomic E-state index is 12.2. The number of aromatic carboxylic acids is 1. The van der Waals surface area contributed by atoms with Crippen molar-refractivity contribution in [2.24, 2.45) is 0 Å². The molecule has 2 rings (SSSR count). The SMILES string of the molecule is C[C@H]1CN(c2ncc(C(=O)O)cn2)CCN1C(=O)OC(C)(C)C. The fourth-order valence-corrected chi connectivity index (χ4v) is 2.33. The molecule has 0 spiro atoms. The topological polar surface area (TPSA) is 95.9 Å². The van der Waals surface area contributed by atoms with E-state index in [0.717, 1.165) is 0 Å². The molecular weight excluding hydrogens is 300 g/mol. The Kier molecular flexibility index (Phi) is 4.72. The minimum Gasteiger partial charge on any atom is -0.478 e. The first kappa shape index (κ1) is 17.0. The first-order valence-electron chi connectivity index (χ1n) is 7.47. The Labute approximate surface area is 135 Å². The highest BCUT2D eigenvalue weighted by Gasteiger charge is 2.31. The number of carboxylic acids is 1. The maximum Gasteiger partial charge on any atom is 0.410 e. The van der Waals surface area contributed by atoms with Gasteiger partial charge in [0.15, 0.2) is 0 Å². The Hall–Kier alpha value is -2.38. The molecule has 1 aliphatic rings. The van der Waals surface area contributed by atoms with Gasteiger partial charge >= 0.3 is 12.1 Å². The molecule has 0 saturated carbocycles. The lowest BCUT2D eigenvalue weighted by atomic mass is 10.2. The van der Waals surface area contributed by atoms with Crippen molar-refractivity contribution < 1.29 is 19.4 Å². The van der Waals surface area contributed by atoms with Gasteiger partial charge in [-0.1, -0.05) is 0 Å². The first-order chi connectivity index (χ1) is 10.7. The Morgan fingerprint density at radius 3 is 2.35 bits per heavy atom. The standard InChI is InChI=1S/C15H22N4O4/c1-10-9-18(13-16-7-11(8-17-13)12(20)21)5-6-19(10)14(22)23-15(2,3)4/h7-8,10H,5-6,9H2,1-4H3,(H,20,21)/t10-/m0/s1. The van der Waals surface area contributed by atoms with Crippen molar-refractivity contribution >= 4 is 18.0 Å². The molecule has 0 bridgehead atoms. The summed E-state index contributed by atoms with van der Waals surface area (Å²) in [5.41, 5.74) is -0.474. The van der Waals surface area contributed by atoms with Crippen molar-refractivity contribution in [2.75, 3.05) is 24.5 Å². The molecule has 23 heavy (non-hydrogen) atoms. The molecule has 1 aromatic rings. The number of carbonyl (C=O) groups excluding carboxylic acids is 1. The van der Waals surface area contributed by atoms with E-state index in [1.807, 2.05) is 32.6 Å². The molecule has 1 fully saturated rings. The summed E-state index contributed by atoms with van der Waals surface area (Å²) >= 11 is 0. The van der Waals surface area contributed by atoms with Gasteiger partial charge in [-0.2, -0.15) is 0 Å². The Balaban J connectivity index is 2.00. The third-order valence-electron chi connectivity index (χ3n) is 3.42. The highest BCUT2D eigenvalue weighted by atomic mass is 16.6. The first-order valence-corrected chi connectivity index (χ1v) is 7.47. The van der Waals surface area contributed by atoms with Crippen LogP contribution in [0.1, 0.15) is 38.1 Å². The summed E-state index contributed by atoms with van der Waals surface area (Å²) in [6.45, 7) is 9.07. The third kappa shape index (κ3) is 4.30. The van der Waals surface area contributed by atoms with Crippen molar-refractivity contribution in [3.05, 3.63) is 18.0 Å². The van der Waals surface area contributed by atoms with E-state index in [1.54, 1.807) is 4.90 Å². The summed E-state index contributed by atoms with van der Waals surface area (Å²) < 4.78 is 5.40. The van der Waals surface area contributed by atoms with E-state index in [2.05, 4.69) is 9.97 Å². The molecule has 1 N–H and O–H groups in total. The molecule has 126 valence electrons. The van der Waals surface area contributed by atoms with Gasteiger partial charge in [-0.15, -0.1) is 0 Å². The predicted molar refractivity (Wildman–Crippen MR) is 83.6 cm³/mol. The number of rotatable bonds is 2. The second kappa shape index (κ2) is 6.39. The quantitative estimate of drug-likeness (QED) is 0.883. The summed E-state index contributed by atoms with van der Waals surface area (Å²) in [7, 11) is 0. The smallest absolute Gasteiger partial charge is 0.410 e. The van der Waals surface area contributed by atoms with Crippen LogP contribution >= 0.6 is 0 Å². The van der Waals surface area contributed by atoms with Crippen LogP contribution in [0.5, 0.6) is 0 Å². The van der Waals surface area contributed by atoms with Crippen molar-refractivity contribution in [1.82, 2.24) is 14.9 Å². The molecule has 0 unspecified atom stereocenters. The van der Waals surface area contributed by atoms with Gasteiger partial charge in [-0.05, 0) is 27.7 Å². The second-order valence-corrected chi connectivity index (χ2v) is 6.55. The van der Waals surface area contributed by atoms with E-state index in [4.69, 9.17) is 9.84 Å². The summed E-state index contributed by atoms with van der Waals surface area (Å²) in [5.74, 6) is -0.592. The molecule has 0 radical (unpaired) electrons. The van der Waals surface area contributed by atoms with Crippen molar-refractivity contribution in [1.29, 1.82) is 0 Å². The van der Waals surface area contributed by atoms with Crippen molar-refractivity contribution in [3.8, 4) is 0 Å². The zero-order valence-electron chi connectivity index (χ0n) is 13.8. The van der Waals surface area contributed by atoms with Crippen LogP contribution < -0.4 is 4.90 Å². The normalized spacial score (nSPS) is 18.7. The summed E-state index contributed by atoms with van der Waals surface area (Å²) in [4.78, 5) is 34.8.